The van der Waals surface area contributed by atoms with Crippen LogP contribution in [0.5, 0.6) is 0 Å². The summed E-state index contributed by atoms with van der Waals surface area (Å²) in [6.07, 6.45) is 14.1. The Kier molecular flexibility index (Phi) is 10.4. The molecule has 0 aromatic rings. The largest absolute Gasteiger partial charge is 0.393 e. The van der Waals surface area contributed by atoms with Crippen LogP contribution in [0, 0.1) is 46.3 Å². The Hall–Kier alpha value is -0.340. The average molecular weight is 477 g/mol. The highest BCUT2D eigenvalue weighted by Gasteiger charge is 2.63. The number of hydrogen-bond donors (Lipinski definition) is 2. The topological polar surface area (TPSA) is 40.5 Å². The monoisotopic (exact) mass is 476 g/mol. The van der Waals surface area contributed by atoms with Crippen LogP contribution in [0.4, 0.5) is 0 Å². The molecule has 4 aliphatic rings. The van der Waals surface area contributed by atoms with E-state index in [0.29, 0.717) is 23.2 Å². The molecule has 0 saturated heterocycles. The van der Waals surface area contributed by atoms with E-state index in [4.69, 9.17) is 0 Å². The first-order valence-electron chi connectivity index (χ1n) is 15.1. The normalized spacial score (nSPS) is 43.8. The Morgan fingerprint density at radius 3 is 2.15 bits per heavy atom. The number of hydrogen-bond acceptors (Lipinski definition) is 2. The first kappa shape index (κ1) is 29.9. The molecule has 2 N–H and O–H groups in total. The summed E-state index contributed by atoms with van der Waals surface area (Å²) < 4.78 is 0. The zero-order valence-electron chi connectivity index (χ0n) is 24.6. The van der Waals surface area contributed by atoms with Crippen LogP contribution >= 0.6 is 0 Å². The lowest BCUT2D eigenvalue weighted by molar-refractivity contribution is -0.133. The van der Waals surface area contributed by atoms with E-state index >= 15 is 0 Å². The maximum Gasteiger partial charge on any atom is 0.0836 e. The molecule has 3 fully saturated rings. The second-order valence-corrected chi connectivity index (χ2v) is 13.0. The van der Waals surface area contributed by atoms with Crippen molar-refractivity contribution < 1.29 is 10.2 Å². The molecule has 2 heteroatoms. The smallest absolute Gasteiger partial charge is 0.0836 e. The summed E-state index contributed by atoms with van der Waals surface area (Å²) in [6, 6.07) is 0. The molecule has 0 aromatic heterocycles. The molecule has 0 heterocycles. The third-order valence-electron chi connectivity index (χ3n) is 10.6. The van der Waals surface area contributed by atoms with Gasteiger partial charge in [-0.2, -0.15) is 0 Å². The molecule has 7 unspecified atom stereocenters. The van der Waals surface area contributed by atoms with E-state index in [0.717, 1.165) is 37.0 Å². The Morgan fingerprint density at radius 1 is 0.882 bits per heavy atom. The second kappa shape index (κ2) is 11.8. The van der Waals surface area contributed by atoms with Gasteiger partial charge in [-0.25, -0.2) is 0 Å². The Balaban J connectivity index is 0.000000970. The number of aliphatic hydroxyl groups is 2. The molecule has 0 amide bonds. The van der Waals surface area contributed by atoms with Crippen molar-refractivity contribution in [3.63, 3.8) is 0 Å². The molecule has 0 aromatic carbocycles. The highest BCUT2D eigenvalue weighted by atomic mass is 16.3. The fourth-order valence-corrected chi connectivity index (χ4v) is 9.01. The van der Waals surface area contributed by atoms with Crippen molar-refractivity contribution in [1.29, 1.82) is 0 Å². The van der Waals surface area contributed by atoms with Gasteiger partial charge in [0.1, 0.15) is 0 Å². The summed E-state index contributed by atoms with van der Waals surface area (Å²) in [6.45, 7) is 22.3. The van der Waals surface area contributed by atoms with E-state index in [2.05, 4.69) is 47.6 Å². The maximum absolute atomic E-state index is 11.7. The Labute approximate surface area is 213 Å². The van der Waals surface area contributed by atoms with Crippen LogP contribution < -0.4 is 0 Å². The van der Waals surface area contributed by atoms with E-state index in [1.165, 1.54) is 50.5 Å². The number of rotatable bonds is 5. The van der Waals surface area contributed by atoms with Crippen molar-refractivity contribution in [1.82, 2.24) is 0 Å². The standard InChI is InChI=1S/C28H48O2.2C2H6/c1-18(2)8-7-9-19(3)22-10-11-23-25-24(13-15-27(22,23)5)26(4)14-12-21(29)16-20(26)17-28(25,6)30;2*1-2/h17-19,21-25,29-30H,7-16H2,1-6H3;2*1-2H3/t19?,21?,22?,23?,24?,25?,26-,27+,28?;;/m0../s1. The summed E-state index contributed by atoms with van der Waals surface area (Å²) in [4.78, 5) is 0. The summed E-state index contributed by atoms with van der Waals surface area (Å²) in [7, 11) is 0. The first-order valence-corrected chi connectivity index (χ1v) is 15.1. The van der Waals surface area contributed by atoms with Gasteiger partial charge in [0.05, 0.1) is 11.7 Å². The van der Waals surface area contributed by atoms with Crippen LogP contribution in [0.25, 0.3) is 0 Å². The van der Waals surface area contributed by atoms with Crippen molar-refractivity contribution in [2.24, 2.45) is 46.3 Å². The van der Waals surface area contributed by atoms with Gasteiger partial charge in [0.2, 0.25) is 0 Å². The highest BCUT2D eigenvalue weighted by molar-refractivity contribution is 5.31. The zero-order chi connectivity index (χ0) is 25.9. The molecule has 0 aliphatic heterocycles. The fraction of sp³-hybridized carbons (Fsp3) is 0.938. The lowest BCUT2D eigenvalue weighted by Crippen LogP contribution is -2.58. The minimum atomic E-state index is -0.724. The molecule has 0 radical (unpaired) electrons. The molecule has 2 nitrogen and oxygen atoms in total. The van der Waals surface area contributed by atoms with Crippen LogP contribution in [-0.2, 0) is 0 Å². The second-order valence-electron chi connectivity index (χ2n) is 13.0. The van der Waals surface area contributed by atoms with E-state index in [-0.39, 0.29) is 11.5 Å². The molecule has 0 spiro atoms. The lowest BCUT2D eigenvalue weighted by atomic mass is 9.44. The average Bonchev–Trinajstić information content (AvgIpc) is 3.14. The summed E-state index contributed by atoms with van der Waals surface area (Å²) >= 11 is 0. The Morgan fingerprint density at radius 2 is 1.53 bits per heavy atom. The van der Waals surface area contributed by atoms with Gasteiger partial charge in [0.25, 0.3) is 0 Å². The predicted octanol–water partition coefficient (Wildman–Crippen LogP) is 8.80. The van der Waals surface area contributed by atoms with E-state index in [1.54, 1.807) is 0 Å². The Bertz CT molecular complexity index is 664. The fourth-order valence-electron chi connectivity index (χ4n) is 9.01. The zero-order valence-corrected chi connectivity index (χ0v) is 24.6. The SMILES string of the molecule is CC.CC.CC(C)CCCC(C)C1CCC2C3C(CC[C@]12C)[C@@]1(C)CCC(O)CC1=CC3(C)O. The predicted molar refractivity (Wildman–Crippen MR) is 148 cm³/mol. The van der Waals surface area contributed by atoms with Gasteiger partial charge in [-0.05, 0) is 98.2 Å². The molecule has 4 aliphatic carbocycles. The summed E-state index contributed by atoms with van der Waals surface area (Å²) in [5, 5.41) is 22.0. The number of fused-ring (bicyclic) bond motifs is 5. The van der Waals surface area contributed by atoms with Gasteiger partial charge < -0.3 is 10.2 Å². The molecule has 34 heavy (non-hydrogen) atoms. The molecule has 9 atom stereocenters. The van der Waals surface area contributed by atoms with E-state index < -0.39 is 5.60 Å². The molecule has 4 rings (SSSR count). The summed E-state index contributed by atoms with van der Waals surface area (Å²) in [5.74, 6) is 4.03. The first-order chi connectivity index (χ1) is 16.0. The van der Waals surface area contributed by atoms with Crippen molar-refractivity contribution in [3.05, 3.63) is 11.6 Å². The van der Waals surface area contributed by atoms with Crippen LogP contribution in [0.3, 0.4) is 0 Å². The van der Waals surface area contributed by atoms with Gasteiger partial charge >= 0.3 is 0 Å². The lowest BCUT2D eigenvalue weighted by Gasteiger charge is -2.62. The third-order valence-corrected chi connectivity index (χ3v) is 10.6. The third kappa shape index (κ3) is 5.49. The molecular formula is C32H60O2. The van der Waals surface area contributed by atoms with Gasteiger partial charge in [-0.3, -0.25) is 0 Å². The van der Waals surface area contributed by atoms with Gasteiger partial charge in [0.15, 0.2) is 0 Å². The van der Waals surface area contributed by atoms with E-state index in [1.807, 2.05) is 27.7 Å². The number of aliphatic hydroxyl groups excluding tert-OH is 1. The van der Waals surface area contributed by atoms with Crippen LogP contribution in [0.15, 0.2) is 11.6 Å². The van der Waals surface area contributed by atoms with Crippen molar-refractivity contribution in [2.45, 2.75) is 145 Å². The quantitative estimate of drug-likeness (QED) is 0.389. The van der Waals surface area contributed by atoms with Crippen LogP contribution in [0.2, 0.25) is 0 Å². The van der Waals surface area contributed by atoms with Gasteiger partial charge in [-0.1, -0.05) is 93.2 Å². The molecule has 3 saturated carbocycles. The van der Waals surface area contributed by atoms with Crippen molar-refractivity contribution in [2.75, 3.05) is 0 Å². The maximum atomic E-state index is 11.7. The van der Waals surface area contributed by atoms with Gasteiger partial charge in [0, 0.05) is 0 Å². The highest BCUT2D eigenvalue weighted by Crippen LogP contribution is 2.68. The summed E-state index contributed by atoms with van der Waals surface area (Å²) in [5.41, 5.74) is 1.21. The molecule has 0 bridgehead atoms. The minimum absolute atomic E-state index is 0.189. The van der Waals surface area contributed by atoms with Crippen molar-refractivity contribution >= 4 is 0 Å². The van der Waals surface area contributed by atoms with Crippen LogP contribution in [-0.4, -0.2) is 21.9 Å². The van der Waals surface area contributed by atoms with E-state index in [9.17, 15) is 10.2 Å². The molecular weight excluding hydrogens is 416 g/mol. The van der Waals surface area contributed by atoms with Crippen molar-refractivity contribution in [3.8, 4) is 0 Å². The van der Waals surface area contributed by atoms with Crippen LogP contribution in [0.1, 0.15) is 133 Å². The van der Waals surface area contributed by atoms with Gasteiger partial charge in [-0.15, -0.1) is 0 Å². The molecule has 200 valence electrons. The minimum Gasteiger partial charge on any atom is -0.393 e.